The number of phenols is 2. The number of rotatable bonds is 2. The molecule has 2 rings (SSSR count). The van der Waals surface area contributed by atoms with Crippen molar-refractivity contribution in [2.24, 2.45) is 0 Å². The Morgan fingerprint density at radius 3 is 1.55 bits per heavy atom. The Balaban J connectivity index is 2.74. The number of benzene rings is 2. The van der Waals surface area contributed by atoms with Crippen LogP contribution in [0.25, 0.3) is 5.57 Å². The summed E-state index contributed by atoms with van der Waals surface area (Å²) in [5.74, 6) is 0.0303. The van der Waals surface area contributed by atoms with Crippen molar-refractivity contribution in [1.82, 2.24) is 0 Å². The summed E-state index contributed by atoms with van der Waals surface area (Å²) in [4.78, 5) is 0. The van der Waals surface area contributed by atoms with Gasteiger partial charge in [-0.05, 0) is 36.4 Å². The van der Waals surface area contributed by atoms with E-state index in [1.54, 1.807) is 24.3 Å². The molecule has 0 aromatic heterocycles. The number of hydrogen-bond acceptors (Lipinski definition) is 2. The average Bonchev–Trinajstić information content (AvgIpc) is 2.37. The molecule has 0 radical (unpaired) electrons. The fourth-order valence-electron chi connectivity index (χ4n) is 1.77. The lowest BCUT2D eigenvalue weighted by Gasteiger charge is -2.13. The van der Waals surface area contributed by atoms with Gasteiger partial charge in [0, 0.05) is 25.6 Å². The molecule has 104 valence electrons. The van der Waals surface area contributed by atoms with E-state index < -0.39 is 0 Å². The van der Waals surface area contributed by atoms with Gasteiger partial charge in [-0.3, -0.25) is 0 Å². The minimum Gasteiger partial charge on any atom is -0.507 e. The Hall–Kier alpha value is -0.680. The van der Waals surface area contributed by atoms with Crippen LogP contribution in [-0.2, 0) is 0 Å². The highest BCUT2D eigenvalue weighted by atomic mass is 79.9. The quantitative estimate of drug-likeness (QED) is 0.620. The van der Waals surface area contributed by atoms with Crippen molar-refractivity contribution in [2.75, 3.05) is 0 Å². The molecule has 2 aromatic rings. The summed E-state index contributed by atoms with van der Waals surface area (Å²) in [5.41, 5.74) is 1.20. The topological polar surface area (TPSA) is 40.5 Å². The van der Waals surface area contributed by atoms with E-state index in [1.807, 2.05) is 0 Å². The van der Waals surface area contributed by atoms with Crippen LogP contribution in [-0.4, -0.2) is 10.2 Å². The van der Waals surface area contributed by atoms with E-state index >= 15 is 0 Å². The summed E-state index contributed by atoms with van der Waals surface area (Å²) in [6.07, 6.45) is 0. The summed E-state index contributed by atoms with van der Waals surface area (Å²) in [7, 11) is 0. The molecule has 2 aromatic carbocycles. The third-order valence-electron chi connectivity index (χ3n) is 2.64. The molecule has 0 bridgehead atoms. The molecule has 2 N–H and O–H groups in total. The minimum atomic E-state index is -0.0493. The van der Waals surface area contributed by atoms with Gasteiger partial charge in [0.05, 0.1) is 0 Å². The van der Waals surface area contributed by atoms with E-state index in [9.17, 15) is 10.2 Å². The van der Waals surface area contributed by atoms with Gasteiger partial charge >= 0.3 is 0 Å². The van der Waals surface area contributed by atoms with Crippen molar-refractivity contribution in [1.29, 1.82) is 0 Å². The van der Waals surface area contributed by atoms with E-state index in [1.165, 1.54) is 12.1 Å². The van der Waals surface area contributed by atoms with E-state index in [2.05, 4.69) is 31.9 Å². The van der Waals surface area contributed by atoms with Crippen molar-refractivity contribution in [2.45, 2.75) is 0 Å². The molecule has 0 spiro atoms. The maximum atomic E-state index is 10.0. The van der Waals surface area contributed by atoms with Gasteiger partial charge < -0.3 is 10.2 Å². The zero-order chi connectivity index (χ0) is 14.9. The standard InChI is InChI=1S/C14H8Br2Cl2O2/c15-7-1-3-11(19)9(5-7)13(14(17)18)10-6-8(16)2-4-12(10)20/h1-6,19-20H. The minimum absolute atomic E-state index is 0.0152. The molecular formula is C14H8Br2Cl2O2. The number of halogens is 4. The fraction of sp³-hybridized carbons (Fsp3) is 0. The van der Waals surface area contributed by atoms with Crippen molar-refractivity contribution in [3.63, 3.8) is 0 Å². The van der Waals surface area contributed by atoms with E-state index in [4.69, 9.17) is 23.2 Å². The van der Waals surface area contributed by atoms with Crippen molar-refractivity contribution in [3.8, 4) is 11.5 Å². The predicted molar refractivity (Wildman–Crippen MR) is 89.3 cm³/mol. The van der Waals surface area contributed by atoms with Crippen LogP contribution >= 0.6 is 55.1 Å². The van der Waals surface area contributed by atoms with Crippen LogP contribution in [0.3, 0.4) is 0 Å². The Labute approximate surface area is 142 Å². The highest BCUT2D eigenvalue weighted by Gasteiger charge is 2.17. The van der Waals surface area contributed by atoms with Crippen LogP contribution in [0, 0.1) is 0 Å². The van der Waals surface area contributed by atoms with Gasteiger partial charge in [0.2, 0.25) is 0 Å². The Kier molecular flexibility index (Phi) is 5.02. The normalized spacial score (nSPS) is 10.4. The predicted octanol–water partition coefficient (Wildman–Crippen LogP) is 5.82. The molecule has 0 fully saturated rings. The smallest absolute Gasteiger partial charge is 0.123 e. The Morgan fingerprint density at radius 2 is 1.20 bits per heavy atom. The molecule has 0 saturated heterocycles. The second-order valence-electron chi connectivity index (χ2n) is 3.96. The first-order valence-corrected chi connectivity index (χ1v) is 7.77. The molecule has 0 amide bonds. The highest BCUT2D eigenvalue weighted by Crippen LogP contribution is 2.41. The molecule has 0 saturated carbocycles. The summed E-state index contributed by atoms with van der Waals surface area (Å²) >= 11 is 18.6. The van der Waals surface area contributed by atoms with Gasteiger partial charge in [0.1, 0.15) is 16.0 Å². The molecule has 0 aliphatic rings. The molecule has 6 heteroatoms. The van der Waals surface area contributed by atoms with Crippen molar-refractivity contribution >= 4 is 60.6 Å². The molecule has 0 heterocycles. The largest absolute Gasteiger partial charge is 0.507 e. The SMILES string of the molecule is Oc1ccc(Br)cc1C(=C(Cl)Cl)c1cc(Br)ccc1O. The molecule has 2 nitrogen and oxygen atoms in total. The molecule has 20 heavy (non-hydrogen) atoms. The van der Waals surface area contributed by atoms with Crippen LogP contribution in [0.1, 0.15) is 11.1 Å². The summed E-state index contributed by atoms with van der Waals surface area (Å²) in [6.45, 7) is 0. The third-order valence-corrected chi connectivity index (χ3v) is 4.01. The first-order chi connectivity index (χ1) is 9.40. The van der Waals surface area contributed by atoms with Gasteiger partial charge in [-0.1, -0.05) is 55.1 Å². The summed E-state index contributed by atoms with van der Waals surface area (Å²) in [5, 5.41) is 20.0. The van der Waals surface area contributed by atoms with E-state index in [0.717, 1.165) is 8.95 Å². The zero-order valence-electron chi connectivity index (χ0n) is 9.87. The van der Waals surface area contributed by atoms with Crippen LogP contribution < -0.4 is 0 Å². The molecule has 0 unspecified atom stereocenters. The average molecular weight is 439 g/mol. The summed E-state index contributed by atoms with van der Waals surface area (Å²) in [6, 6.07) is 9.78. The summed E-state index contributed by atoms with van der Waals surface area (Å²) < 4.78 is 1.46. The first-order valence-electron chi connectivity index (χ1n) is 5.43. The first kappa shape index (κ1) is 15.7. The van der Waals surface area contributed by atoms with Gasteiger partial charge in [-0.25, -0.2) is 0 Å². The van der Waals surface area contributed by atoms with E-state index in [0.29, 0.717) is 16.7 Å². The number of aromatic hydroxyl groups is 2. The number of phenolic OH excluding ortho intramolecular Hbond substituents is 2. The Bertz CT molecular complexity index is 642. The van der Waals surface area contributed by atoms with Crippen molar-refractivity contribution in [3.05, 3.63) is 61.0 Å². The lowest BCUT2D eigenvalue weighted by atomic mass is 9.98. The van der Waals surface area contributed by atoms with E-state index in [-0.39, 0.29) is 16.0 Å². The zero-order valence-corrected chi connectivity index (χ0v) is 14.6. The second kappa shape index (κ2) is 6.39. The van der Waals surface area contributed by atoms with Crippen molar-refractivity contribution < 1.29 is 10.2 Å². The fourth-order valence-corrected chi connectivity index (χ4v) is 2.90. The molecule has 0 aliphatic heterocycles. The third kappa shape index (κ3) is 3.31. The van der Waals surface area contributed by atoms with Crippen LogP contribution in [0.5, 0.6) is 11.5 Å². The number of hydrogen-bond donors (Lipinski definition) is 2. The lowest BCUT2D eigenvalue weighted by molar-refractivity contribution is 0.471. The van der Waals surface area contributed by atoms with Crippen LogP contribution in [0.4, 0.5) is 0 Å². The molecular weight excluding hydrogens is 431 g/mol. The highest BCUT2D eigenvalue weighted by molar-refractivity contribution is 9.10. The van der Waals surface area contributed by atoms with Crippen LogP contribution in [0.2, 0.25) is 0 Å². The maximum Gasteiger partial charge on any atom is 0.123 e. The van der Waals surface area contributed by atoms with Gasteiger partial charge in [0.25, 0.3) is 0 Å². The van der Waals surface area contributed by atoms with Crippen LogP contribution in [0.15, 0.2) is 49.8 Å². The van der Waals surface area contributed by atoms with Gasteiger partial charge in [-0.2, -0.15) is 0 Å². The monoisotopic (exact) mass is 436 g/mol. The van der Waals surface area contributed by atoms with Gasteiger partial charge in [0.15, 0.2) is 0 Å². The molecule has 0 aliphatic carbocycles. The lowest BCUT2D eigenvalue weighted by Crippen LogP contribution is -1.91. The molecule has 0 atom stereocenters. The Morgan fingerprint density at radius 1 is 0.800 bits per heavy atom. The maximum absolute atomic E-state index is 10.0. The second-order valence-corrected chi connectivity index (χ2v) is 6.74. The van der Waals surface area contributed by atoms with Gasteiger partial charge in [-0.15, -0.1) is 0 Å².